The van der Waals surface area contributed by atoms with Crippen LogP contribution in [-0.4, -0.2) is 19.3 Å². The minimum absolute atomic E-state index is 0.213. The van der Waals surface area contributed by atoms with E-state index >= 15 is 0 Å². The van der Waals surface area contributed by atoms with Gasteiger partial charge in [0.05, 0.1) is 12.1 Å². The van der Waals surface area contributed by atoms with E-state index in [2.05, 4.69) is 4.98 Å². The normalized spacial score (nSPS) is 11.4. The molecule has 1 aromatic heterocycles. The summed E-state index contributed by atoms with van der Waals surface area (Å²) in [6.45, 7) is 5.92. The maximum absolute atomic E-state index is 11.4. The van der Waals surface area contributed by atoms with E-state index in [0.717, 1.165) is 0 Å². The highest BCUT2D eigenvalue weighted by molar-refractivity contribution is 7.13. The van der Waals surface area contributed by atoms with Gasteiger partial charge in [0, 0.05) is 5.38 Å². The Morgan fingerprint density at radius 3 is 2.71 bits per heavy atom. The summed E-state index contributed by atoms with van der Waals surface area (Å²) < 4.78 is 5.27. The number of aromatic nitrogens is 1. The van der Waals surface area contributed by atoms with Crippen molar-refractivity contribution in [1.29, 1.82) is 0 Å². The molecule has 0 aliphatic rings. The molecular formula is C8H14N2O2SSi. The second-order valence-electron chi connectivity index (χ2n) is 3.94. The number of thiazole rings is 1. The lowest BCUT2D eigenvalue weighted by atomic mass is 10.3. The first-order valence-electron chi connectivity index (χ1n) is 4.28. The van der Waals surface area contributed by atoms with E-state index in [-0.39, 0.29) is 12.4 Å². The van der Waals surface area contributed by atoms with Gasteiger partial charge in [0.2, 0.25) is 8.32 Å². The first-order chi connectivity index (χ1) is 6.37. The molecule has 14 heavy (non-hydrogen) atoms. The number of nitrogens with zero attached hydrogens (tertiary/aromatic N) is 1. The summed E-state index contributed by atoms with van der Waals surface area (Å²) in [5.41, 5.74) is 6.14. The minimum atomic E-state index is -1.77. The van der Waals surface area contributed by atoms with Crippen molar-refractivity contribution in [2.75, 3.05) is 5.73 Å². The summed E-state index contributed by atoms with van der Waals surface area (Å²) in [5.74, 6) is -0.213. The van der Waals surface area contributed by atoms with Crippen molar-refractivity contribution in [3.05, 3.63) is 11.1 Å². The minimum Gasteiger partial charge on any atom is -0.520 e. The van der Waals surface area contributed by atoms with Crippen LogP contribution in [0.5, 0.6) is 0 Å². The SMILES string of the molecule is C[Si](C)(C)OC(=O)Cc1csc(N)n1. The number of hydrogen-bond donors (Lipinski definition) is 1. The average Bonchev–Trinajstić information content (AvgIpc) is 2.30. The molecule has 2 N–H and O–H groups in total. The smallest absolute Gasteiger partial charge is 0.298 e. The third-order valence-electron chi connectivity index (χ3n) is 1.31. The van der Waals surface area contributed by atoms with Crippen LogP contribution in [0.4, 0.5) is 5.13 Å². The van der Waals surface area contributed by atoms with Gasteiger partial charge in [-0.05, 0) is 19.6 Å². The number of nitrogens with two attached hydrogens (primary N) is 1. The third-order valence-corrected chi connectivity index (χ3v) is 2.88. The molecule has 0 aromatic carbocycles. The number of hydrogen-bond acceptors (Lipinski definition) is 5. The Morgan fingerprint density at radius 1 is 1.64 bits per heavy atom. The lowest BCUT2D eigenvalue weighted by molar-refractivity contribution is -0.134. The molecule has 1 rings (SSSR count). The van der Waals surface area contributed by atoms with Crippen molar-refractivity contribution in [3.8, 4) is 0 Å². The fraction of sp³-hybridized carbons (Fsp3) is 0.500. The molecule has 0 saturated heterocycles. The van der Waals surface area contributed by atoms with Crippen LogP contribution >= 0.6 is 11.3 Å². The Hall–Kier alpha value is -0.883. The monoisotopic (exact) mass is 230 g/mol. The van der Waals surface area contributed by atoms with Crippen LogP contribution in [-0.2, 0) is 15.6 Å². The van der Waals surface area contributed by atoms with Crippen LogP contribution in [0.2, 0.25) is 19.6 Å². The summed E-state index contributed by atoms with van der Waals surface area (Å²) in [6.07, 6.45) is 0.220. The fourth-order valence-electron chi connectivity index (χ4n) is 0.929. The number of rotatable bonds is 3. The van der Waals surface area contributed by atoms with Crippen molar-refractivity contribution >= 4 is 30.8 Å². The van der Waals surface area contributed by atoms with Gasteiger partial charge >= 0.3 is 0 Å². The Kier molecular flexibility index (Phi) is 3.28. The molecule has 6 heteroatoms. The van der Waals surface area contributed by atoms with Crippen molar-refractivity contribution in [2.24, 2.45) is 0 Å². The van der Waals surface area contributed by atoms with Crippen LogP contribution in [0.15, 0.2) is 5.38 Å². The molecule has 0 aliphatic carbocycles. The summed E-state index contributed by atoms with van der Waals surface area (Å²) in [5, 5.41) is 2.27. The highest BCUT2D eigenvalue weighted by atomic mass is 32.1. The van der Waals surface area contributed by atoms with Crippen LogP contribution in [0.1, 0.15) is 5.69 Å². The van der Waals surface area contributed by atoms with Crippen LogP contribution in [0.3, 0.4) is 0 Å². The highest BCUT2D eigenvalue weighted by Crippen LogP contribution is 2.13. The molecule has 0 amide bonds. The van der Waals surface area contributed by atoms with Crippen molar-refractivity contribution < 1.29 is 9.22 Å². The predicted molar refractivity (Wildman–Crippen MR) is 59.7 cm³/mol. The molecule has 0 radical (unpaired) electrons. The van der Waals surface area contributed by atoms with Gasteiger partial charge in [0.25, 0.3) is 5.97 Å². The molecule has 1 heterocycles. The largest absolute Gasteiger partial charge is 0.520 e. The van der Waals surface area contributed by atoms with Gasteiger partial charge in [0.15, 0.2) is 5.13 Å². The average molecular weight is 230 g/mol. The molecule has 78 valence electrons. The first kappa shape index (κ1) is 11.2. The van der Waals surface area contributed by atoms with Crippen molar-refractivity contribution in [2.45, 2.75) is 26.1 Å². The highest BCUT2D eigenvalue weighted by Gasteiger charge is 2.20. The predicted octanol–water partition coefficient (Wildman–Crippen LogP) is 1.65. The lowest BCUT2D eigenvalue weighted by Gasteiger charge is -2.16. The van der Waals surface area contributed by atoms with Gasteiger partial charge in [0.1, 0.15) is 0 Å². The van der Waals surface area contributed by atoms with Crippen molar-refractivity contribution in [1.82, 2.24) is 4.98 Å². The van der Waals surface area contributed by atoms with Gasteiger partial charge in [-0.2, -0.15) is 0 Å². The molecular weight excluding hydrogens is 216 g/mol. The molecule has 1 aromatic rings. The van der Waals surface area contributed by atoms with Gasteiger partial charge in [-0.3, -0.25) is 4.79 Å². The second-order valence-corrected chi connectivity index (χ2v) is 9.26. The number of anilines is 1. The Balaban J connectivity index is 2.50. The van der Waals surface area contributed by atoms with Crippen LogP contribution < -0.4 is 5.73 Å². The summed E-state index contributed by atoms with van der Waals surface area (Å²) in [6, 6.07) is 0. The maximum atomic E-state index is 11.4. The van der Waals surface area contributed by atoms with E-state index in [1.165, 1.54) is 11.3 Å². The molecule has 0 aliphatic heterocycles. The zero-order valence-corrected chi connectivity index (χ0v) is 10.4. The van der Waals surface area contributed by atoms with Gasteiger partial charge in [-0.25, -0.2) is 4.98 Å². The zero-order valence-electron chi connectivity index (χ0n) is 8.53. The number of carbonyl (C=O) groups is 1. The van der Waals surface area contributed by atoms with E-state index in [9.17, 15) is 4.79 Å². The quantitative estimate of drug-likeness (QED) is 0.802. The molecule has 0 unspecified atom stereocenters. The van der Waals surface area contributed by atoms with Gasteiger partial charge in [-0.15, -0.1) is 11.3 Å². The third kappa shape index (κ3) is 3.88. The standard InChI is InChI=1S/C8H14N2O2SSi/c1-14(2,3)12-7(11)4-6-5-13-8(9)10-6/h5H,4H2,1-3H3,(H2,9,10). The molecule has 0 fully saturated rings. The maximum Gasteiger partial charge on any atom is 0.298 e. The second kappa shape index (κ2) is 4.10. The van der Waals surface area contributed by atoms with Crippen molar-refractivity contribution in [3.63, 3.8) is 0 Å². The van der Waals surface area contributed by atoms with E-state index in [0.29, 0.717) is 10.8 Å². The summed E-state index contributed by atoms with van der Waals surface area (Å²) in [4.78, 5) is 15.4. The first-order valence-corrected chi connectivity index (χ1v) is 8.57. The lowest BCUT2D eigenvalue weighted by Crippen LogP contribution is -2.30. The molecule has 0 spiro atoms. The van der Waals surface area contributed by atoms with Crippen LogP contribution in [0, 0.1) is 0 Å². The molecule has 0 saturated carbocycles. The zero-order chi connectivity index (χ0) is 10.8. The van der Waals surface area contributed by atoms with E-state index in [1.54, 1.807) is 5.38 Å². The molecule has 0 bridgehead atoms. The number of nitrogen functional groups attached to an aromatic ring is 1. The van der Waals surface area contributed by atoms with E-state index in [1.807, 2.05) is 19.6 Å². The van der Waals surface area contributed by atoms with Gasteiger partial charge < -0.3 is 10.2 Å². The van der Waals surface area contributed by atoms with E-state index < -0.39 is 8.32 Å². The fourth-order valence-corrected chi connectivity index (χ4v) is 2.25. The molecule has 0 atom stereocenters. The van der Waals surface area contributed by atoms with E-state index in [4.69, 9.17) is 10.2 Å². The van der Waals surface area contributed by atoms with Crippen LogP contribution in [0.25, 0.3) is 0 Å². The number of carbonyl (C=O) groups excluding carboxylic acids is 1. The Morgan fingerprint density at radius 2 is 2.29 bits per heavy atom. The Bertz CT molecular complexity index is 332. The van der Waals surface area contributed by atoms with Gasteiger partial charge in [-0.1, -0.05) is 0 Å². The topological polar surface area (TPSA) is 65.2 Å². The summed E-state index contributed by atoms with van der Waals surface area (Å²) >= 11 is 1.33. The Labute approximate surface area is 88.2 Å². The molecule has 4 nitrogen and oxygen atoms in total. The summed E-state index contributed by atoms with van der Waals surface area (Å²) in [7, 11) is -1.77.